The molecule has 0 bridgehead atoms. The molecule has 0 unspecified atom stereocenters. The number of methoxy groups -OCH3 is 2. The van der Waals surface area contributed by atoms with Crippen molar-refractivity contribution in [1.29, 1.82) is 0 Å². The van der Waals surface area contributed by atoms with E-state index < -0.39 is 36.1 Å². The topological polar surface area (TPSA) is 129 Å². The molecule has 0 aliphatic rings. The molecule has 2 N–H and O–H groups in total. The molecule has 10 heteroatoms. The molecule has 0 aliphatic heterocycles. The van der Waals surface area contributed by atoms with Gasteiger partial charge in [0.15, 0.2) is 18.1 Å². The van der Waals surface area contributed by atoms with Crippen LogP contribution in [0, 0.1) is 0 Å². The second-order valence-corrected chi connectivity index (χ2v) is 6.16. The van der Waals surface area contributed by atoms with Gasteiger partial charge in [0.2, 0.25) is 0 Å². The molecule has 1 aromatic heterocycles. The fraction of sp³-hybridized carbons (Fsp3) is 0.200. The Labute approximate surface area is 170 Å². The van der Waals surface area contributed by atoms with Crippen LogP contribution in [0.2, 0.25) is 0 Å². The largest absolute Gasteiger partial charge is 0.493 e. The highest BCUT2D eigenvalue weighted by Crippen LogP contribution is 2.29. The Balaban J connectivity index is 1.62. The van der Waals surface area contributed by atoms with Gasteiger partial charge in [-0.25, -0.2) is 4.68 Å². The highest BCUT2D eigenvalue weighted by Gasteiger charge is 2.13. The molecule has 1 amide bonds. The molecule has 0 spiro atoms. The summed E-state index contributed by atoms with van der Waals surface area (Å²) in [7, 11) is 2.95. The van der Waals surface area contributed by atoms with Crippen molar-refractivity contribution in [3.8, 4) is 11.5 Å². The molecular formula is C20H19N3O7. The third-order valence-corrected chi connectivity index (χ3v) is 4.20. The maximum atomic E-state index is 12.4. The summed E-state index contributed by atoms with van der Waals surface area (Å²) in [5.74, 6) is -0.524. The first-order valence-corrected chi connectivity index (χ1v) is 8.82. The molecule has 2 aromatic carbocycles. The van der Waals surface area contributed by atoms with Gasteiger partial charge in [0.05, 0.1) is 25.0 Å². The van der Waals surface area contributed by atoms with E-state index in [0.29, 0.717) is 17.2 Å². The Hall–Kier alpha value is -4.08. The van der Waals surface area contributed by atoms with Gasteiger partial charge in [-0.1, -0.05) is 12.1 Å². The van der Waals surface area contributed by atoms with Gasteiger partial charge in [-0.2, -0.15) is 0 Å². The van der Waals surface area contributed by atoms with E-state index in [1.165, 1.54) is 26.4 Å². The summed E-state index contributed by atoms with van der Waals surface area (Å²) in [4.78, 5) is 48.5. The van der Waals surface area contributed by atoms with E-state index in [4.69, 9.17) is 14.2 Å². The molecule has 10 nitrogen and oxygen atoms in total. The van der Waals surface area contributed by atoms with Gasteiger partial charge in [0, 0.05) is 11.8 Å². The van der Waals surface area contributed by atoms with Gasteiger partial charge >= 0.3 is 5.97 Å². The lowest BCUT2D eigenvalue weighted by Crippen LogP contribution is -2.33. The van der Waals surface area contributed by atoms with Gasteiger partial charge < -0.3 is 19.5 Å². The Kier molecular flexibility index (Phi) is 6.16. The molecule has 3 aromatic rings. The van der Waals surface area contributed by atoms with Crippen LogP contribution in [-0.4, -0.2) is 42.5 Å². The van der Waals surface area contributed by atoms with Crippen molar-refractivity contribution >= 4 is 28.3 Å². The Bertz CT molecular complexity index is 1210. The number of amides is 1. The lowest BCUT2D eigenvalue weighted by Gasteiger charge is -2.11. The lowest BCUT2D eigenvalue weighted by molar-refractivity contribution is -0.148. The Morgan fingerprint density at radius 2 is 1.70 bits per heavy atom. The highest BCUT2D eigenvalue weighted by molar-refractivity contribution is 5.93. The number of aromatic nitrogens is 2. The van der Waals surface area contributed by atoms with Crippen LogP contribution in [0.5, 0.6) is 11.5 Å². The molecule has 0 atom stereocenters. The van der Waals surface area contributed by atoms with Crippen molar-refractivity contribution in [2.45, 2.75) is 6.54 Å². The summed E-state index contributed by atoms with van der Waals surface area (Å²) in [5.41, 5.74) is -0.634. The van der Waals surface area contributed by atoms with E-state index in [1.54, 1.807) is 30.3 Å². The molecule has 156 valence electrons. The van der Waals surface area contributed by atoms with Gasteiger partial charge in [-0.05, 0) is 24.3 Å². The van der Waals surface area contributed by atoms with Gasteiger partial charge in [-0.15, -0.1) is 0 Å². The molecule has 0 saturated carbocycles. The number of ether oxygens (including phenoxy) is 3. The van der Waals surface area contributed by atoms with Gasteiger partial charge in [-0.3, -0.25) is 24.3 Å². The van der Waals surface area contributed by atoms with E-state index in [0.717, 1.165) is 4.68 Å². The van der Waals surface area contributed by atoms with Gasteiger partial charge in [0.25, 0.3) is 17.0 Å². The summed E-state index contributed by atoms with van der Waals surface area (Å²) in [6.07, 6.45) is 0. The first kappa shape index (κ1) is 20.6. The number of carbonyl (C=O) groups excluding carboxylic acids is 2. The van der Waals surface area contributed by atoms with Crippen molar-refractivity contribution in [3.63, 3.8) is 0 Å². The van der Waals surface area contributed by atoms with Crippen molar-refractivity contribution in [2.24, 2.45) is 0 Å². The zero-order valence-corrected chi connectivity index (χ0v) is 16.3. The molecular weight excluding hydrogens is 394 g/mol. The first-order chi connectivity index (χ1) is 14.4. The van der Waals surface area contributed by atoms with Crippen LogP contribution < -0.4 is 25.9 Å². The minimum Gasteiger partial charge on any atom is -0.493 e. The van der Waals surface area contributed by atoms with Crippen molar-refractivity contribution in [3.05, 3.63) is 63.2 Å². The SMILES string of the molecule is COc1ccc(NC(=O)COC(=O)Cn2[nH]c(=O)c3ccccc3c2=O)cc1OC. The first-order valence-electron chi connectivity index (χ1n) is 8.82. The number of rotatable bonds is 7. The maximum Gasteiger partial charge on any atom is 0.328 e. The second kappa shape index (κ2) is 8.95. The minimum absolute atomic E-state index is 0.181. The van der Waals surface area contributed by atoms with Crippen molar-refractivity contribution in [1.82, 2.24) is 9.78 Å². The lowest BCUT2D eigenvalue weighted by atomic mass is 10.2. The summed E-state index contributed by atoms with van der Waals surface area (Å²) < 4.78 is 16.0. The smallest absolute Gasteiger partial charge is 0.328 e. The summed E-state index contributed by atoms with van der Waals surface area (Å²) >= 11 is 0. The van der Waals surface area contributed by atoms with E-state index in [-0.39, 0.29) is 10.8 Å². The molecule has 0 fully saturated rings. The van der Waals surface area contributed by atoms with E-state index >= 15 is 0 Å². The monoisotopic (exact) mass is 413 g/mol. The van der Waals surface area contributed by atoms with Crippen LogP contribution in [-0.2, 0) is 20.9 Å². The van der Waals surface area contributed by atoms with Crippen LogP contribution in [0.15, 0.2) is 52.1 Å². The third-order valence-electron chi connectivity index (χ3n) is 4.20. The average molecular weight is 413 g/mol. The van der Waals surface area contributed by atoms with Crippen LogP contribution >= 0.6 is 0 Å². The predicted molar refractivity (Wildman–Crippen MR) is 108 cm³/mol. The number of aromatic amines is 1. The summed E-state index contributed by atoms with van der Waals surface area (Å²) in [6.45, 7) is -1.11. The number of benzene rings is 2. The van der Waals surface area contributed by atoms with E-state index in [2.05, 4.69) is 10.4 Å². The van der Waals surface area contributed by atoms with Crippen LogP contribution in [0.25, 0.3) is 10.8 Å². The normalized spacial score (nSPS) is 10.5. The summed E-state index contributed by atoms with van der Waals surface area (Å²) in [5, 5.41) is 5.28. The minimum atomic E-state index is -0.856. The second-order valence-electron chi connectivity index (χ2n) is 6.16. The maximum absolute atomic E-state index is 12.4. The van der Waals surface area contributed by atoms with E-state index in [1.807, 2.05) is 0 Å². The molecule has 0 saturated heterocycles. The zero-order valence-electron chi connectivity index (χ0n) is 16.3. The Morgan fingerprint density at radius 1 is 1.00 bits per heavy atom. The fourth-order valence-electron chi connectivity index (χ4n) is 2.79. The number of carbonyl (C=O) groups is 2. The number of H-pyrrole nitrogens is 1. The number of nitrogens with one attached hydrogen (secondary N) is 2. The highest BCUT2D eigenvalue weighted by atomic mass is 16.5. The van der Waals surface area contributed by atoms with Crippen molar-refractivity contribution < 1.29 is 23.8 Å². The number of anilines is 1. The molecule has 0 radical (unpaired) electrons. The van der Waals surface area contributed by atoms with Crippen LogP contribution in [0.4, 0.5) is 5.69 Å². The van der Waals surface area contributed by atoms with Crippen LogP contribution in [0.1, 0.15) is 0 Å². The molecule has 1 heterocycles. The number of fused-ring (bicyclic) bond motifs is 1. The molecule has 30 heavy (non-hydrogen) atoms. The number of nitrogens with zero attached hydrogens (tertiary/aromatic N) is 1. The standard InChI is InChI=1S/C20H19N3O7/c1-28-15-8-7-12(9-16(15)29-2)21-17(24)11-30-18(25)10-23-20(27)14-6-4-3-5-13(14)19(26)22-23/h3-9H,10-11H2,1-2H3,(H,21,24)(H,22,26). The van der Waals surface area contributed by atoms with Crippen molar-refractivity contribution in [2.75, 3.05) is 26.1 Å². The predicted octanol–water partition coefficient (Wildman–Crippen LogP) is 0.889. The summed E-state index contributed by atoms with van der Waals surface area (Å²) in [6, 6.07) is 11.0. The molecule has 0 aliphatic carbocycles. The van der Waals surface area contributed by atoms with Crippen LogP contribution in [0.3, 0.4) is 0 Å². The zero-order chi connectivity index (χ0) is 21.7. The Morgan fingerprint density at radius 3 is 2.40 bits per heavy atom. The van der Waals surface area contributed by atoms with E-state index in [9.17, 15) is 19.2 Å². The number of hydrogen-bond acceptors (Lipinski definition) is 7. The number of esters is 1. The van der Waals surface area contributed by atoms with Gasteiger partial charge in [0.1, 0.15) is 6.54 Å². The average Bonchev–Trinajstić information content (AvgIpc) is 2.75. The quantitative estimate of drug-likeness (QED) is 0.550. The fourth-order valence-corrected chi connectivity index (χ4v) is 2.79. The number of hydrogen-bond donors (Lipinski definition) is 2. The third kappa shape index (κ3) is 4.49. The molecule has 3 rings (SSSR count).